The van der Waals surface area contributed by atoms with Gasteiger partial charge in [-0.1, -0.05) is 6.08 Å². The van der Waals surface area contributed by atoms with Gasteiger partial charge in [0.1, 0.15) is 5.54 Å². The van der Waals surface area contributed by atoms with E-state index < -0.39 is 17.5 Å². The minimum atomic E-state index is -1.07. The van der Waals surface area contributed by atoms with E-state index in [0.717, 1.165) is 0 Å². The van der Waals surface area contributed by atoms with Crippen LogP contribution in [0.25, 0.3) is 0 Å². The van der Waals surface area contributed by atoms with Crippen molar-refractivity contribution in [3.63, 3.8) is 0 Å². The predicted molar refractivity (Wildman–Crippen MR) is 55.7 cm³/mol. The standard InChI is InChI=1S/C10H17NO4/c1-6(8(12)13)5-7(2)11-10(3,4)9(14)15/h5,7,11H,1-4H3,(H,12,13)(H,14,15). The zero-order chi connectivity index (χ0) is 12.2. The second-order valence-electron chi connectivity index (χ2n) is 4.02. The summed E-state index contributed by atoms with van der Waals surface area (Å²) in [4.78, 5) is 21.3. The Morgan fingerprint density at radius 2 is 1.80 bits per heavy atom. The van der Waals surface area contributed by atoms with Crippen molar-refractivity contribution in [3.05, 3.63) is 11.6 Å². The van der Waals surface area contributed by atoms with Crippen LogP contribution in [0.4, 0.5) is 0 Å². The third kappa shape index (κ3) is 4.60. The number of nitrogens with one attached hydrogen (secondary N) is 1. The summed E-state index contributed by atoms with van der Waals surface area (Å²) >= 11 is 0. The van der Waals surface area contributed by atoms with Gasteiger partial charge < -0.3 is 10.2 Å². The molecule has 0 aliphatic rings. The fraction of sp³-hybridized carbons (Fsp3) is 0.600. The van der Waals surface area contributed by atoms with Crippen molar-refractivity contribution in [1.82, 2.24) is 5.32 Å². The topological polar surface area (TPSA) is 86.6 Å². The van der Waals surface area contributed by atoms with Gasteiger partial charge in [-0.3, -0.25) is 10.1 Å². The molecule has 1 atom stereocenters. The second kappa shape index (κ2) is 4.93. The molecule has 0 aliphatic carbocycles. The van der Waals surface area contributed by atoms with Crippen molar-refractivity contribution >= 4 is 11.9 Å². The first-order valence-electron chi connectivity index (χ1n) is 4.59. The highest BCUT2D eigenvalue weighted by Crippen LogP contribution is 2.05. The number of carboxylic acids is 2. The Labute approximate surface area is 88.8 Å². The molecule has 15 heavy (non-hydrogen) atoms. The van der Waals surface area contributed by atoms with E-state index in [4.69, 9.17) is 10.2 Å². The van der Waals surface area contributed by atoms with E-state index >= 15 is 0 Å². The van der Waals surface area contributed by atoms with Crippen LogP contribution in [0.3, 0.4) is 0 Å². The molecule has 0 rings (SSSR count). The zero-order valence-electron chi connectivity index (χ0n) is 9.37. The monoisotopic (exact) mass is 215 g/mol. The fourth-order valence-corrected chi connectivity index (χ4v) is 1.12. The smallest absolute Gasteiger partial charge is 0.331 e. The first kappa shape index (κ1) is 13.6. The minimum Gasteiger partial charge on any atom is -0.480 e. The quantitative estimate of drug-likeness (QED) is 0.592. The van der Waals surface area contributed by atoms with Gasteiger partial charge >= 0.3 is 11.9 Å². The van der Waals surface area contributed by atoms with Crippen LogP contribution < -0.4 is 5.32 Å². The zero-order valence-corrected chi connectivity index (χ0v) is 9.37. The summed E-state index contributed by atoms with van der Waals surface area (Å²) in [5.41, 5.74) is -0.884. The van der Waals surface area contributed by atoms with E-state index in [1.54, 1.807) is 6.92 Å². The van der Waals surface area contributed by atoms with Crippen LogP contribution in [0.15, 0.2) is 11.6 Å². The molecule has 5 heteroatoms. The molecular weight excluding hydrogens is 198 g/mol. The number of carbonyl (C=O) groups is 2. The maximum Gasteiger partial charge on any atom is 0.331 e. The van der Waals surface area contributed by atoms with Crippen molar-refractivity contribution in [2.24, 2.45) is 0 Å². The molecule has 3 N–H and O–H groups in total. The molecule has 0 bridgehead atoms. The van der Waals surface area contributed by atoms with Crippen LogP contribution in [-0.4, -0.2) is 33.7 Å². The Balaban J connectivity index is 4.51. The Kier molecular flexibility index (Phi) is 4.48. The molecule has 0 aliphatic heterocycles. The van der Waals surface area contributed by atoms with Gasteiger partial charge in [0, 0.05) is 11.6 Å². The summed E-state index contributed by atoms with van der Waals surface area (Å²) in [6.45, 7) is 6.22. The lowest BCUT2D eigenvalue weighted by molar-refractivity contribution is -0.143. The van der Waals surface area contributed by atoms with Crippen LogP contribution in [-0.2, 0) is 9.59 Å². The normalized spacial score (nSPS) is 14.8. The molecular formula is C10H17NO4. The lowest BCUT2D eigenvalue weighted by Crippen LogP contribution is -2.50. The van der Waals surface area contributed by atoms with Crippen molar-refractivity contribution in [2.75, 3.05) is 0 Å². The van der Waals surface area contributed by atoms with Gasteiger partial charge in [0.15, 0.2) is 0 Å². The molecule has 0 radical (unpaired) electrons. The Bertz CT molecular complexity index is 294. The summed E-state index contributed by atoms with van der Waals surface area (Å²) in [7, 11) is 0. The highest BCUT2D eigenvalue weighted by Gasteiger charge is 2.27. The van der Waals surface area contributed by atoms with Crippen LogP contribution >= 0.6 is 0 Å². The van der Waals surface area contributed by atoms with E-state index in [0.29, 0.717) is 0 Å². The largest absolute Gasteiger partial charge is 0.480 e. The predicted octanol–water partition coefficient (Wildman–Crippen LogP) is 0.859. The molecule has 0 saturated heterocycles. The molecule has 0 amide bonds. The number of carboxylic acid groups (broad SMARTS) is 2. The average molecular weight is 215 g/mol. The third-order valence-electron chi connectivity index (χ3n) is 1.96. The number of rotatable bonds is 5. The maximum absolute atomic E-state index is 10.8. The first-order chi connectivity index (χ1) is 6.66. The van der Waals surface area contributed by atoms with E-state index in [2.05, 4.69) is 5.32 Å². The summed E-state index contributed by atoms with van der Waals surface area (Å²) < 4.78 is 0. The molecule has 0 aromatic carbocycles. The van der Waals surface area contributed by atoms with Crippen LogP contribution in [0.1, 0.15) is 27.7 Å². The second-order valence-corrected chi connectivity index (χ2v) is 4.02. The Morgan fingerprint density at radius 3 is 2.13 bits per heavy atom. The SMILES string of the molecule is CC(=CC(C)NC(C)(C)C(=O)O)C(=O)O. The highest BCUT2D eigenvalue weighted by atomic mass is 16.4. The minimum absolute atomic E-state index is 0.191. The van der Waals surface area contributed by atoms with Crippen LogP contribution in [0.5, 0.6) is 0 Å². The molecule has 0 aromatic heterocycles. The third-order valence-corrected chi connectivity index (χ3v) is 1.96. The molecule has 0 fully saturated rings. The van der Waals surface area contributed by atoms with E-state index in [9.17, 15) is 9.59 Å². The Morgan fingerprint density at radius 1 is 1.33 bits per heavy atom. The molecule has 5 nitrogen and oxygen atoms in total. The van der Waals surface area contributed by atoms with E-state index in [1.165, 1.54) is 26.8 Å². The average Bonchev–Trinajstić information content (AvgIpc) is 2.01. The van der Waals surface area contributed by atoms with Crippen molar-refractivity contribution in [3.8, 4) is 0 Å². The van der Waals surface area contributed by atoms with Crippen LogP contribution in [0, 0.1) is 0 Å². The summed E-state index contributed by atoms with van der Waals surface area (Å²) in [6.07, 6.45) is 1.48. The number of hydrogen-bond donors (Lipinski definition) is 3. The van der Waals surface area contributed by atoms with Gasteiger partial charge in [0.05, 0.1) is 0 Å². The fourth-order valence-electron chi connectivity index (χ4n) is 1.12. The molecule has 0 saturated carbocycles. The van der Waals surface area contributed by atoms with Gasteiger partial charge in [0.25, 0.3) is 0 Å². The van der Waals surface area contributed by atoms with Crippen molar-refractivity contribution < 1.29 is 19.8 Å². The van der Waals surface area contributed by atoms with Gasteiger partial charge in [-0.2, -0.15) is 0 Å². The van der Waals surface area contributed by atoms with Crippen LogP contribution in [0.2, 0.25) is 0 Å². The maximum atomic E-state index is 10.8. The van der Waals surface area contributed by atoms with Gasteiger partial charge in [0.2, 0.25) is 0 Å². The van der Waals surface area contributed by atoms with Crippen molar-refractivity contribution in [2.45, 2.75) is 39.3 Å². The number of hydrogen-bond acceptors (Lipinski definition) is 3. The van der Waals surface area contributed by atoms with Gasteiger partial charge in [-0.25, -0.2) is 4.79 Å². The highest BCUT2D eigenvalue weighted by molar-refractivity contribution is 5.86. The summed E-state index contributed by atoms with van der Waals surface area (Å²) in [5.74, 6) is -1.98. The Hall–Kier alpha value is -1.36. The van der Waals surface area contributed by atoms with E-state index in [1.807, 2.05) is 0 Å². The lowest BCUT2D eigenvalue weighted by atomic mass is 10.0. The van der Waals surface area contributed by atoms with Gasteiger partial charge in [-0.05, 0) is 27.7 Å². The first-order valence-corrected chi connectivity index (χ1v) is 4.59. The molecule has 0 aromatic rings. The number of aliphatic carboxylic acids is 2. The molecule has 0 heterocycles. The van der Waals surface area contributed by atoms with Gasteiger partial charge in [-0.15, -0.1) is 0 Å². The lowest BCUT2D eigenvalue weighted by Gasteiger charge is -2.24. The molecule has 86 valence electrons. The van der Waals surface area contributed by atoms with E-state index in [-0.39, 0.29) is 11.6 Å². The summed E-state index contributed by atoms with van der Waals surface area (Å²) in [6, 6.07) is -0.313. The molecule has 1 unspecified atom stereocenters. The van der Waals surface area contributed by atoms with Crippen molar-refractivity contribution in [1.29, 1.82) is 0 Å². The molecule has 0 spiro atoms. The summed E-state index contributed by atoms with van der Waals surface area (Å²) in [5, 5.41) is 20.3.